The molecule has 45 heavy (non-hydrogen) atoms. The molecule has 0 amide bonds. The number of aliphatic carboxylic acids is 3. The van der Waals surface area contributed by atoms with Crippen LogP contribution in [0.25, 0.3) is 0 Å². The van der Waals surface area contributed by atoms with Crippen LogP contribution in [0.15, 0.2) is 0 Å². The molecule has 0 N–H and O–H groups in total. The van der Waals surface area contributed by atoms with E-state index in [0.29, 0.717) is 0 Å². The summed E-state index contributed by atoms with van der Waals surface area (Å²) in [6.45, 7) is 11.0. The van der Waals surface area contributed by atoms with E-state index in [4.69, 9.17) is 2.81 Å². The molecule has 0 bridgehead atoms. The molecule has 0 aromatic heterocycles. The second-order valence-electron chi connectivity index (χ2n) is 9.32. The molecule has 248 valence electrons. The third-order valence-corrected chi connectivity index (χ3v) is 6.77. The zero-order chi connectivity index (χ0) is 37.3. The molecule has 0 saturated heterocycles. The Kier molecular flexibility index (Phi) is 22.6. The van der Waals surface area contributed by atoms with Crippen molar-refractivity contribution >= 4 is 70.0 Å². The number of carbonyl (C=O) groups is 12. The minimum atomic E-state index is -2.61. The van der Waals surface area contributed by atoms with Crippen molar-refractivity contribution in [2.24, 2.45) is 16.2 Å². The molecule has 0 rings (SSSR count). The molecule has 0 aromatic carbocycles. The van der Waals surface area contributed by atoms with E-state index in [1.54, 1.807) is 0 Å². The molecule has 16 nitrogen and oxygen atoms in total. The molecule has 0 atom stereocenters. The van der Waals surface area contributed by atoms with Crippen LogP contribution in [0.2, 0.25) is 0 Å². The molecular formula is C28H36O16Zr. The first-order valence-corrected chi connectivity index (χ1v) is 13.8. The van der Waals surface area contributed by atoms with Gasteiger partial charge in [-0.15, -0.1) is 0 Å². The van der Waals surface area contributed by atoms with E-state index in [1.807, 2.05) is 0 Å². The van der Waals surface area contributed by atoms with Gasteiger partial charge >= 0.3 is 54.3 Å². The van der Waals surface area contributed by atoms with Crippen LogP contribution < -0.4 is 15.3 Å². The molecule has 0 heterocycles. The summed E-state index contributed by atoms with van der Waals surface area (Å²) in [6.07, 6.45) is 2.46. The Morgan fingerprint density at radius 1 is 0.444 bits per heavy atom. The topological polar surface area (TPSA) is 283 Å². The Labute approximate surface area is 275 Å². The van der Waals surface area contributed by atoms with Gasteiger partial charge in [0.05, 0.1) is 17.9 Å². The van der Waals surface area contributed by atoms with E-state index in [2.05, 4.69) is 6.92 Å². The van der Waals surface area contributed by atoms with Crippen LogP contribution in [-0.4, -0.2) is 76.6 Å². The number of carboxylic acids is 3. The maximum atomic E-state index is 10.9. The second-order valence-corrected chi connectivity index (χ2v) is 10.0. The van der Waals surface area contributed by atoms with Gasteiger partial charge in [0.1, 0.15) is 0 Å². The summed E-state index contributed by atoms with van der Waals surface area (Å²) in [5.74, 6) is -15.1. The van der Waals surface area contributed by atoms with Crippen molar-refractivity contribution in [1.82, 2.24) is 0 Å². The molecule has 0 aliphatic rings. The number of carbonyl (C=O) groups excluding carboxylic acids is 12. The number of unbranched alkanes of at least 4 members (excludes halogenated alkanes) is 1. The van der Waals surface area contributed by atoms with Crippen LogP contribution in [0.5, 0.6) is 0 Å². The Hall–Kier alpha value is -3.72. The van der Waals surface area contributed by atoms with Crippen molar-refractivity contribution < 1.29 is 101 Å². The predicted molar refractivity (Wildman–Crippen MR) is 139 cm³/mol. The normalized spacial score (nSPS) is 10.5. The number of Topliss-reactive ketones (excluding diaryl/α,β-unsaturated/α-hetero) is 9. The monoisotopic (exact) mass is 718 g/mol. The average Bonchev–Trinajstić information content (AvgIpc) is 2.81. The zero-order valence-corrected chi connectivity index (χ0v) is 29.1. The van der Waals surface area contributed by atoms with Crippen molar-refractivity contribution in [2.75, 3.05) is 6.61 Å². The van der Waals surface area contributed by atoms with Crippen molar-refractivity contribution in [1.29, 1.82) is 0 Å². The third-order valence-electron chi connectivity index (χ3n) is 6.27. The Morgan fingerprint density at radius 2 is 0.600 bits per heavy atom. The van der Waals surface area contributed by atoms with E-state index >= 15 is 0 Å². The van der Waals surface area contributed by atoms with Gasteiger partial charge in [0.2, 0.25) is 0 Å². The van der Waals surface area contributed by atoms with E-state index in [9.17, 15) is 72.9 Å². The second kappa shape index (κ2) is 21.1. The van der Waals surface area contributed by atoms with Gasteiger partial charge < -0.3 is 29.7 Å². The molecule has 0 aliphatic heterocycles. The fourth-order valence-electron chi connectivity index (χ4n) is 3.74. The fourth-order valence-corrected chi connectivity index (χ4v) is 4.10. The van der Waals surface area contributed by atoms with Gasteiger partial charge in [-0.05, 0) is 62.3 Å². The SMILES string of the molecule is CC(=O)C(C(C)=O)(C(C)=O)C(=O)[O-].CC(=O)C(C(C)=O)(C(C)=O)C(=O)[O-].CC(=O)C(C(C)=O)(C(C)=O)C(=O)[O-].CCCC[O][Zr+3]. The summed E-state index contributed by atoms with van der Waals surface area (Å²) in [5, 5.41) is 31.7. The van der Waals surface area contributed by atoms with Crippen LogP contribution in [-0.2, 0) is 85.5 Å². The summed E-state index contributed by atoms with van der Waals surface area (Å²) < 4.78 is 4.87. The van der Waals surface area contributed by atoms with Gasteiger partial charge in [-0.2, -0.15) is 0 Å². The van der Waals surface area contributed by atoms with E-state index < -0.39 is 86.2 Å². The summed E-state index contributed by atoms with van der Waals surface area (Å²) in [5.41, 5.74) is -7.83. The van der Waals surface area contributed by atoms with Gasteiger partial charge in [0, 0.05) is 0 Å². The first-order valence-electron chi connectivity index (χ1n) is 12.8. The van der Waals surface area contributed by atoms with Gasteiger partial charge in [-0.1, -0.05) is 0 Å². The molecule has 0 aliphatic carbocycles. The predicted octanol–water partition coefficient (Wildman–Crippen LogP) is -3.27. The maximum absolute atomic E-state index is 10.9. The molecule has 0 unspecified atom stereocenters. The molecular weight excluding hydrogens is 684 g/mol. The fraction of sp³-hybridized carbons (Fsp3) is 0.571. The van der Waals surface area contributed by atoms with E-state index in [0.717, 1.165) is 68.9 Å². The van der Waals surface area contributed by atoms with Gasteiger partial charge in [-0.3, -0.25) is 43.2 Å². The Bertz CT molecular complexity index is 896. The van der Waals surface area contributed by atoms with Crippen LogP contribution >= 0.6 is 0 Å². The number of carboxylic acid groups (broad SMARTS) is 3. The standard InChI is InChI=1S/3C8H10O5.C4H9O.Zr/c3*1-4(9)8(5(2)10,6(3)11)7(12)13;1-2-3-4-5;/h3*1-3H3,(H,12,13);2-4H2,1H3;/q;;;-1;+4/p-3. The van der Waals surface area contributed by atoms with Crippen LogP contribution in [0.1, 0.15) is 82.1 Å². The van der Waals surface area contributed by atoms with E-state index in [1.165, 1.54) is 38.0 Å². The third kappa shape index (κ3) is 11.6. The van der Waals surface area contributed by atoms with Crippen LogP contribution in [0.3, 0.4) is 0 Å². The number of ketones is 9. The summed E-state index contributed by atoms with van der Waals surface area (Å²) in [6, 6.07) is 0. The van der Waals surface area contributed by atoms with Gasteiger partial charge in [0.15, 0.2) is 68.3 Å². The van der Waals surface area contributed by atoms with Crippen molar-refractivity contribution in [3.05, 3.63) is 0 Å². The number of hydrogen-bond donors (Lipinski definition) is 0. The Morgan fingerprint density at radius 3 is 0.622 bits per heavy atom. The molecule has 17 heteroatoms. The van der Waals surface area contributed by atoms with Gasteiger partial charge in [0.25, 0.3) is 0 Å². The van der Waals surface area contributed by atoms with Crippen molar-refractivity contribution in [2.45, 2.75) is 82.1 Å². The van der Waals surface area contributed by atoms with Gasteiger partial charge in [-0.25, -0.2) is 0 Å². The quantitative estimate of drug-likeness (QED) is 0.118. The minimum absolute atomic E-state index is 0.874. The van der Waals surface area contributed by atoms with Crippen molar-refractivity contribution in [3.63, 3.8) is 0 Å². The van der Waals surface area contributed by atoms with E-state index in [-0.39, 0.29) is 0 Å². The van der Waals surface area contributed by atoms with Crippen LogP contribution in [0, 0.1) is 16.2 Å². The summed E-state index contributed by atoms with van der Waals surface area (Å²) in [7, 11) is 0. The summed E-state index contributed by atoms with van der Waals surface area (Å²) >= 11 is 1.19. The molecule has 0 saturated carbocycles. The van der Waals surface area contributed by atoms with Crippen molar-refractivity contribution in [3.8, 4) is 0 Å². The molecule has 0 fully saturated rings. The molecule has 0 aromatic rings. The number of hydrogen-bond acceptors (Lipinski definition) is 16. The number of rotatable bonds is 15. The molecule has 0 radical (unpaired) electrons. The first-order chi connectivity index (χ1) is 20.2. The summed E-state index contributed by atoms with van der Waals surface area (Å²) in [4.78, 5) is 130. The first kappa shape index (κ1) is 48.2. The Balaban J connectivity index is -0.000000257. The zero-order valence-electron chi connectivity index (χ0n) is 26.7. The molecule has 0 spiro atoms. The van der Waals surface area contributed by atoms with Crippen LogP contribution in [0.4, 0.5) is 0 Å². The average molecular weight is 720 g/mol.